The van der Waals surface area contributed by atoms with Gasteiger partial charge in [0.1, 0.15) is 0 Å². The normalized spacial score (nSPS) is 9.00. The summed E-state index contributed by atoms with van der Waals surface area (Å²) in [5, 5.41) is 0. The summed E-state index contributed by atoms with van der Waals surface area (Å²) < 4.78 is 17.9. The molecule has 0 heterocycles. The molecular weight excluding hydrogens is 240 g/mol. The average molecular weight is 251 g/mol. The molecule has 0 saturated carbocycles. The number of aryl methyl sites for hydroxylation is 2. The maximum absolute atomic E-state index is 8.95. The van der Waals surface area contributed by atoms with Gasteiger partial charge in [0.15, 0.2) is 9.14 Å². The predicted octanol–water partition coefficient (Wildman–Crippen LogP) is 2.21. The van der Waals surface area contributed by atoms with Crippen LogP contribution in [0.5, 0.6) is 0 Å². The number of benzene rings is 1. The van der Waals surface area contributed by atoms with Crippen molar-refractivity contribution in [2.75, 3.05) is 0 Å². The van der Waals surface area contributed by atoms with Crippen molar-refractivity contribution in [3.63, 3.8) is 0 Å². The zero-order chi connectivity index (χ0) is 9.56. The Balaban J connectivity index is 0.000000261. The Kier molecular flexibility index (Phi) is 6.02. The van der Waals surface area contributed by atoms with E-state index in [0.29, 0.717) is 0 Å². The Labute approximate surface area is 81.8 Å². The maximum atomic E-state index is 8.95. The third kappa shape index (κ3) is 7.75. The number of halogens is 1. The van der Waals surface area contributed by atoms with Gasteiger partial charge in [-0.05, 0) is 13.8 Å². The van der Waals surface area contributed by atoms with Gasteiger partial charge in [0, 0.05) is 0 Å². The number of thiol groups is 1. The lowest BCUT2D eigenvalue weighted by molar-refractivity contribution is 0.627. The van der Waals surface area contributed by atoms with E-state index in [1.807, 2.05) is 0 Å². The molecule has 2 nitrogen and oxygen atoms in total. The Bertz CT molecular complexity index is 282. The highest BCUT2D eigenvalue weighted by atomic mass is 79.9. The minimum Gasteiger partial charge on any atom is -0.220 e. The van der Waals surface area contributed by atoms with Gasteiger partial charge in [-0.2, -0.15) is 0 Å². The van der Waals surface area contributed by atoms with Crippen LogP contribution in [-0.2, 0) is 9.14 Å². The molecule has 0 aromatic heterocycles. The quantitative estimate of drug-likeness (QED) is 0.566. The summed E-state index contributed by atoms with van der Waals surface area (Å²) in [6, 6.07) is 8.45. The van der Waals surface area contributed by atoms with E-state index in [4.69, 9.17) is 8.42 Å². The van der Waals surface area contributed by atoms with Crippen molar-refractivity contribution in [3.8, 4) is 0 Å². The van der Waals surface area contributed by atoms with Gasteiger partial charge in [-0.1, -0.05) is 35.4 Å². The highest BCUT2D eigenvalue weighted by molar-refractivity contribution is 9.44. The van der Waals surface area contributed by atoms with E-state index in [-0.39, 0.29) is 0 Å². The van der Waals surface area contributed by atoms with E-state index in [1.165, 1.54) is 11.1 Å². The molecule has 0 amide bonds. The molecule has 1 rings (SSSR count). The van der Waals surface area contributed by atoms with E-state index >= 15 is 0 Å². The van der Waals surface area contributed by atoms with Crippen LogP contribution in [0.2, 0.25) is 0 Å². The molecule has 0 spiro atoms. The average Bonchev–Trinajstić information content (AvgIpc) is 1.84. The number of hydrogen-bond donors (Lipinski definition) is 1. The van der Waals surface area contributed by atoms with Crippen molar-refractivity contribution in [1.82, 2.24) is 0 Å². The Morgan fingerprint density at radius 2 is 1.50 bits per heavy atom. The first-order valence-corrected chi connectivity index (χ1v) is 6.55. The van der Waals surface area contributed by atoms with Crippen LogP contribution in [0.15, 0.2) is 24.3 Å². The van der Waals surface area contributed by atoms with Crippen LogP contribution < -0.4 is 0 Å². The second-order valence-corrected chi connectivity index (χ2v) is 4.53. The van der Waals surface area contributed by atoms with Crippen LogP contribution in [0, 0.1) is 13.8 Å². The summed E-state index contributed by atoms with van der Waals surface area (Å²) in [5.74, 6) is 0. The maximum Gasteiger partial charge on any atom is 0.199 e. The number of rotatable bonds is 0. The molecule has 0 N–H and O–H groups in total. The van der Waals surface area contributed by atoms with E-state index in [2.05, 4.69) is 52.9 Å². The molecule has 0 radical (unpaired) electrons. The first-order valence-electron chi connectivity index (χ1n) is 3.36. The summed E-state index contributed by atoms with van der Waals surface area (Å²) in [6.07, 6.45) is 0. The third-order valence-electron chi connectivity index (χ3n) is 1.17. The topological polar surface area (TPSA) is 34.1 Å². The molecule has 0 fully saturated rings. The van der Waals surface area contributed by atoms with Crippen LogP contribution in [0.3, 0.4) is 0 Å². The van der Waals surface area contributed by atoms with Gasteiger partial charge in [0.2, 0.25) is 0 Å². The van der Waals surface area contributed by atoms with Crippen molar-refractivity contribution in [3.05, 3.63) is 35.4 Å². The van der Waals surface area contributed by atoms with Crippen molar-refractivity contribution in [2.24, 2.45) is 0 Å². The van der Waals surface area contributed by atoms with Gasteiger partial charge < -0.3 is 0 Å². The Hall–Kier alpha value is -0.350. The highest BCUT2D eigenvalue weighted by Crippen LogP contribution is 2.00. The third-order valence-corrected chi connectivity index (χ3v) is 1.17. The van der Waals surface area contributed by atoms with Gasteiger partial charge in [0.25, 0.3) is 0 Å². The van der Waals surface area contributed by atoms with Crippen molar-refractivity contribution >= 4 is 24.0 Å². The first-order chi connectivity index (χ1) is 5.52. The monoisotopic (exact) mass is 250 g/mol. The summed E-state index contributed by atoms with van der Waals surface area (Å²) in [5.41, 5.74) is 2.68. The SMILES string of the molecule is Cc1cccc(C)c1.O=[SH](=O)Br. The fourth-order valence-corrected chi connectivity index (χ4v) is 0.807. The summed E-state index contributed by atoms with van der Waals surface area (Å²) in [6.45, 7) is 4.21. The zero-order valence-corrected chi connectivity index (χ0v) is 9.43. The van der Waals surface area contributed by atoms with Crippen molar-refractivity contribution < 1.29 is 8.42 Å². The van der Waals surface area contributed by atoms with E-state index < -0.39 is 9.14 Å². The summed E-state index contributed by atoms with van der Waals surface area (Å²) in [7, 11) is -2.31. The van der Waals surface area contributed by atoms with Gasteiger partial charge in [0.05, 0.1) is 14.8 Å². The molecule has 68 valence electrons. The predicted molar refractivity (Wildman–Crippen MR) is 55.2 cm³/mol. The van der Waals surface area contributed by atoms with Crippen LogP contribution in [0.1, 0.15) is 11.1 Å². The first kappa shape index (κ1) is 11.6. The van der Waals surface area contributed by atoms with Crippen LogP contribution in [-0.4, -0.2) is 8.42 Å². The van der Waals surface area contributed by atoms with Gasteiger partial charge in [-0.15, -0.1) is 0 Å². The molecule has 1 aromatic rings. The van der Waals surface area contributed by atoms with Crippen molar-refractivity contribution in [2.45, 2.75) is 13.8 Å². The smallest absolute Gasteiger partial charge is 0.199 e. The summed E-state index contributed by atoms with van der Waals surface area (Å²) in [4.78, 5) is 0. The molecule has 0 aliphatic rings. The molecule has 0 unspecified atom stereocenters. The Morgan fingerprint density at radius 1 is 1.17 bits per heavy atom. The molecule has 0 aliphatic heterocycles. The minimum atomic E-state index is -2.31. The zero-order valence-electron chi connectivity index (χ0n) is 6.95. The molecular formula is C8H11BrO2S. The summed E-state index contributed by atoms with van der Waals surface area (Å²) >= 11 is 2.22. The molecule has 4 heteroatoms. The Morgan fingerprint density at radius 3 is 1.67 bits per heavy atom. The lowest BCUT2D eigenvalue weighted by Gasteiger charge is -1.90. The molecule has 0 aliphatic carbocycles. The van der Waals surface area contributed by atoms with E-state index in [0.717, 1.165) is 0 Å². The second kappa shape index (κ2) is 6.20. The fraction of sp³-hybridized carbons (Fsp3) is 0.250. The second-order valence-electron chi connectivity index (χ2n) is 2.37. The lowest BCUT2D eigenvalue weighted by atomic mass is 10.2. The molecule has 0 bridgehead atoms. The highest BCUT2D eigenvalue weighted by Gasteiger charge is 1.80. The van der Waals surface area contributed by atoms with Gasteiger partial charge in [-0.3, -0.25) is 0 Å². The van der Waals surface area contributed by atoms with Crippen molar-refractivity contribution in [1.29, 1.82) is 0 Å². The van der Waals surface area contributed by atoms with E-state index in [1.54, 1.807) is 0 Å². The standard InChI is InChI=1S/C8H10.BrHO2S/c1-7-4-3-5-8(2)6-7;1-4(2)3/h3-6H,1-2H3;4H. The molecule has 12 heavy (non-hydrogen) atoms. The minimum absolute atomic E-state index is 1.34. The number of hydrogen-bond acceptors (Lipinski definition) is 2. The molecule has 1 aromatic carbocycles. The van der Waals surface area contributed by atoms with Gasteiger partial charge >= 0.3 is 0 Å². The molecule has 0 saturated heterocycles. The van der Waals surface area contributed by atoms with Crippen LogP contribution in [0.4, 0.5) is 0 Å². The van der Waals surface area contributed by atoms with Crippen LogP contribution >= 0.6 is 14.8 Å². The van der Waals surface area contributed by atoms with Crippen LogP contribution in [0.25, 0.3) is 0 Å². The molecule has 0 atom stereocenters. The largest absolute Gasteiger partial charge is 0.220 e. The van der Waals surface area contributed by atoms with Gasteiger partial charge in [-0.25, -0.2) is 8.42 Å². The van der Waals surface area contributed by atoms with E-state index in [9.17, 15) is 0 Å². The lowest BCUT2D eigenvalue weighted by Crippen LogP contribution is -1.71. The fourth-order valence-electron chi connectivity index (χ4n) is 0.807.